The highest BCUT2D eigenvalue weighted by Gasteiger charge is 2.14. The van der Waals surface area contributed by atoms with Crippen molar-refractivity contribution in [2.24, 2.45) is 0 Å². The number of aromatic nitrogens is 2. The smallest absolute Gasteiger partial charge is 0.160 e. The van der Waals surface area contributed by atoms with Crippen molar-refractivity contribution in [3.63, 3.8) is 0 Å². The minimum absolute atomic E-state index is 0.724. The van der Waals surface area contributed by atoms with E-state index >= 15 is 0 Å². The third-order valence-electron chi connectivity index (χ3n) is 8.66. The zero-order valence-corrected chi connectivity index (χ0v) is 25.1. The number of fused-ring (bicyclic) bond motifs is 5. The van der Waals surface area contributed by atoms with Crippen molar-refractivity contribution in [3.8, 4) is 44.9 Å². The molecule has 0 bridgehead atoms. The van der Waals surface area contributed by atoms with E-state index in [1.165, 1.54) is 47.6 Å². The molecule has 0 amide bonds. The van der Waals surface area contributed by atoms with Crippen molar-refractivity contribution in [2.75, 3.05) is 0 Å². The van der Waals surface area contributed by atoms with Gasteiger partial charge in [-0.3, -0.25) is 0 Å². The summed E-state index contributed by atoms with van der Waals surface area (Å²) in [6, 6.07) is 56.1. The van der Waals surface area contributed by atoms with Crippen LogP contribution in [0.4, 0.5) is 0 Å². The number of nitrogens with zero attached hydrogens (tertiary/aromatic N) is 2. The van der Waals surface area contributed by atoms with Gasteiger partial charge < -0.3 is 0 Å². The first-order valence-corrected chi connectivity index (χ1v) is 16.0. The van der Waals surface area contributed by atoms with Gasteiger partial charge in [-0.05, 0) is 69.4 Å². The highest BCUT2D eigenvalue weighted by molar-refractivity contribution is 7.25. The van der Waals surface area contributed by atoms with Crippen molar-refractivity contribution in [1.82, 2.24) is 9.97 Å². The third kappa shape index (κ3) is 4.48. The average Bonchev–Trinajstić information content (AvgIpc) is 3.48. The number of para-hydroxylation sites is 1. The van der Waals surface area contributed by atoms with Crippen LogP contribution in [0, 0.1) is 0 Å². The van der Waals surface area contributed by atoms with Gasteiger partial charge in [-0.15, -0.1) is 11.3 Å². The Morgan fingerprint density at radius 1 is 0.378 bits per heavy atom. The molecular formula is C42H26N2S. The van der Waals surface area contributed by atoms with Gasteiger partial charge in [0, 0.05) is 36.7 Å². The molecule has 2 aromatic heterocycles. The fourth-order valence-electron chi connectivity index (χ4n) is 6.48. The van der Waals surface area contributed by atoms with Crippen LogP contribution in [-0.2, 0) is 0 Å². The molecule has 0 unspecified atom stereocenters. The van der Waals surface area contributed by atoms with Crippen molar-refractivity contribution in [3.05, 3.63) is 158 Å². The molecule has 0 fully saturated rings. The molecule has 0 radical (unpaired) electrons. The van der Waals surface area contributed by atoms with Crippen LogP contribution in [0.1, 0.15) is 0 Å². The summed E-state index contributed by atoms with van der Waals surface area (Å²) in [7, 11) is 0. The van der Waals surface area contributed by atoms with E-state index in [0.717, 1.165) is 39.1 Å². The second-order valence-electron chi connectivity index (χ2n) is 11.4. The molecule has 210 valence electrons. The second kappa shape index (κ2) is 10.5. The molecule has 0 saturated heterocycles. The minimum Gasteiger partial charge on any atom is -0.228 e. The van der Waals surface area contributed by atoms with E-state index in [1.807, 2.05) is 17.4 Å². The normalized spacial score (nSPS) is 11.6. The lowest BCUT2D eigenvalue weighted by molar-refractivity contribution is 1.23. The molecule has 2 nitrogen and oxygen atoms in total. The Balaban J connectivity index is 1.20. The molecule has 0 spiro atoms. The van der Waals surface area contributed by atoms with Gasteiger partial charge in [-0.1, -0.05) is 121 Å². The van der Waals surface area contributed by atoms with E-state index in [1.54, 1.807) is 0 Å². The Morgan fingerprint density at radius 3 is 1.98 bits per heavy atom. The Morgan fingerprint density at radius 2 is 1.07 bits per heavy atom. The maximum atomic E-state index is 5.23. The van der Waals surface area contributed by atoms with Crippen LogP contribution in [0.25, 0.3) is 86.7 Å². The SMILES string of the molecule is c1ccc(-c2cccc(-c3nc(-c4cccc(-c5cccc6cc7sc8ccccc8c7cc56)c4)nc4ccccc34)c2)cc1. The quantitative estimate of drug-likeness (QED) is 0.204. The van der Waals surface area contributed by atoms with E-state index in [-0.39, 0.29) is 0 Å². The molecule has 7 aromatic carbocycles. The predicted molar refractivity (Wildman–Crippen MR) is 192 cm³/mol. The maximum absolute atomic E-state index is 5.23. The summed E-state index contributed by atoms with van der Waals surface area (Å²) in [6.07, 6.45) is 0. The van der Waals surface area contributed by atoms with Gasteiger partial charge in [-0.2, -0.15) is 0 Å². The van der Waals surface area contributed by atoms with E-state index in [0.29, 0.717) is 0 Å². The molecule has 9 aromatic rings. The molecule has 0 aliphatic rings. The monoisotopic (exact) mass is 590 g/mol. The lowest BCUT2D eigenvalue weighted by Gasteiger charge is -2.12. The standard InChI is InChI=1S/C42H26N2S/c1-2-11-27(12-3-1)28-13-8-16-31(23-28)41-35-19-4-6-21-38(35)43-42(44-41)32-17-9-14-29(24-32)33-20-10-15-30-25-40-37(26-36(30)33)34-18-5-7-22-39(34)45-40/h1-26H. The fraction of sp³-hybridized carbons (Fsp3) is 0. The molecule has 0 N–H and O–H groups in total. The maximum Gasteiger partial charge on any atom is 0.160 e. The first-order chi connectivity index (χ1) is 22.3. The van der Waals surface area contributed by atoms with Crippen LogP contribution in [0.5, 0.6) is 0 Å². The average molecular weight is 591 g/mol. The number of hydrogen-bond donors (Lipinski definition) is 0. The first-order valence-electron chi connectivity index (χ1n) is 15.2. The zero-order chi connectivity index (χ0) is 29.7. The first kappa shape index (κ1) is 25.8. The molecule has 0 saturated carbocycles. The van der Waals surface area contributed by atoms with Gasteiger partial charge in [0.1, 0.15) is 0 Å². The molecule has 2 heterocycles. The van der Waals surface area contributed by atoms with Crippen LogP contribution in [0.15, 0.2) is 158 Å². The van der Waals surface area contributed by atoms with E-state index in [2.05, 4.69) is 152 Å². The Labute approximate surface area is 264 Å². The summed E-state index contributed by atoms with van der Waals surface area (Å²) >= 11 is 1.86. The van der Waals surface area contributed by atoms with Crippen molar-refractivity contribution in [1.29, 1.82) is 0 Å². The van der Waals surface area contributed by atoms with Crippen LogP contribution < -0.4 is 0 Å². The predicted octanol–water partition coefficient (Wildman–Crippen LogP) is 11.8. The lowest BCUT2D eigenvalue weighted by Crippen LogP contribution is -1.95. The summed E-state index contributed by atoms with van der Waals surface area (Å²) in [5.74, 6) is 0.724. The van der Waals surface area contributed by atoms with Gasteiger partial charge in [0.15, 0.2) is 5.82 Å². The summed E-state index contributed by atoms with van der Waals surface area (Å²) in [5.41, 5.74) is 8.67. The van der Waals surface area contributed by atoms with Gasteiger partial charge in [0.2, 0.25) is 0 Å². The number of hydrogen-bond acceptors (Lipinski definition) is 3. The topological polar surface area (TPSA) is 25.8 Å². The van der Waals surface area contributed by atoms with Gasteiger partial charge in [0.25, 0.3) is 0 Å². The van der Waals surface area contributed by atoms with Crippen LogP contribution >= 0.6 is 11.3 Å². The Hall–Kier alpha value is -5.64. The zero-order valence-electron chi connectivity index (χ0n) is 24.3. The van der Waals surface area contributed by atoms with Crippen molar-refractivity contribution >= 4 is 53.2 Å². The molecule has 0 atom stereocenters. The lowest BCUT2D eigenvalue weighted by atomic mass is 9.95. The molecule has 0 aliphatic carbocycles. The molecule has 45 heavy (non-hydrogen) atoms. The van der Waals surface area contributed by atoms with E-state index in [4.69, 9.17) is 9.97 Å². The molecular weight excluding hydrogens is 565 g/mol. The molecule has 9 rings (SSSR count). The second-order valence-corrected chi connectivity index (χ2v) is 12.5. The minimum atomic E-state index is 0.724. The van der Waals surface area contributed by atoms with Crippen LogP contribution in [-0.4, -0.2) is 9.97 Å². The van der Waals surface area contributed by atoms with Crippen LogP contribution in [0.3, 0.4) is 0 Å². The third-order valence-corrected chi connectivity index (χ3v) is 9.79. The number of thiophene rings is 1. The van der Waals surface area contributed by atoms with Gasteiger partial charge in [0.05, 0.1) is 11.2 Å². The van der Waals surface area contributed by atoms with Gasteiger partial charge >= 0.3 is 0 Å². The number of rotatable bonds is 4. The fourth-order valence-corrected chi connectivity index (χ4v) is 7.61. The summed E-state index contributed by atoms with van der Waals surface area (Å²) in [6.45, 7) is 0. The highest BCUT2D eigenvalue weighted by atomic mass is 32.1. The molecule has 0 aliphatic heterocycles. The Bertz CT molecular complexity index is 2550. The van der Waals surface area contributed by atoms with E-state index < -0.39 is 0 Å². The summed E-state index contributed by atoms with van der Waals surface area (Å²) in [5, 5.41) is 6.18. The summed E-state index contributed by atoms with van der Waals surface area (Å²) in [4.78, 5) is 10.3. The Kier molecular flexibility index (Phi) is 6.03. The largest absolute Gasteiger partial charge is 0.228 e. The van der Waals surface area contributed by atoms with Crippen molar-refractivity contribution in [2.45, 2.75) is 0 Å². The summed E-state index contributed by atoms with van der Waals surface area (Å²) < 4.78 is 2.65. The molecule has 3 heteroatoms. The van der Waals surface area contributed by atoms with E-state index in [9.17, 15) is 0 Å². The highest BCUT2D eigenvalue weighted by Crippen LogP contribution is 2.40. The van der Waals surface area contributed by atoms with Gasteiger partial charge in [-0.25, -0.2) is 9.97 Å². The number of benzene rings is 7. The van der Waals surface area contributed by atoms with Crippen molar-refractivity contribution < 1.29 is 0 Å². The van der Waals surface area contributed by atoms with Crippen LogP contribution in [0.2, 0.25) is 0 Å².